The van der Waals surface area contributed by atoms with Gasteiger partial charge in [-0.2, -0.15) is 0 Å². The van der Waals surface area contributed by atoms with Gasteiger partial charge in [0.05, 0.1) is 15.9 Å². The lowest BCUT2D eigenvalue weighted by molar-refractivity contribution is 0.172. The molecule has 1 aliphatic rings. The van der Waals surface area contributed by atoms with Crippen molar-refractivity contribution < 1.29 is 0 Å². The van der Waals surface area contributed by atoms with Crippen molar-refractivity contribution in [3.05, 3.63) is 39.4 Å². The molecule has 142 valence electrons. The lowest BCUT2D eigenvalue weighted by Crippen LogP contribution is -2.56. The predicted molar refractivity (Wildman–Crippen MR) is 108 cm³/mol. The average Bonchev–Trinajstić information content (AvgIpc) is 2.55. The van der Waals surface area contributed by atoms with Gasteiger partial charge < -0.3 is 10.7 Å². The largest absolute Gasteiger partial charge is 0.330 e. The summed E-state index contributed by atoms with van der Waals surface area (Å²) in [6, 6.07) is 5.38. The molecule has 0 bridgehead atoms. The highest BCUT2D eigenvalue weighted by atomic mass is 35.5. The van der Waals surface area contributed by atoms with Gasteiger partial charge in [0, 0.05) is 39.1 Å². The Morgan fingerprint density at radius 3 is 2.50 bits per heavy atom. The van der Waals surface area contributed by atoms with Gasteiger partial charge >= 0.3 is 0 Å². The molecule has 7 heteroatoms. The van der Waals surface area contributed by atoms with Crippen LogP contribution in [0.1, 0.15) is 26.6 Å². The highest BCUT2D eigenvalue weighted by Gasteiger charge is 2.24. The van der Waals surface area contributed by atoms with Crippen LogP contribution in [0, 0.1) is 5.41 Å². The van der Waals surface area contributed by atoms with Crippen LogP contribution in [-0.2, 0) is 6.42 Å². The number of nitrogens with two attached hydrogens (primary N) is 1. The lowest BCUT2D eigenvalue weighted by atomic mass is 9.96. The van der Waals surface area contributed by atoms with Crippen molar-refractivity contribution in [2.24, 2.45) is 11.1 Å². The third-order valence-corrected chi connectivity index (χ3v) is 4.90. The van der Waals surface area contributed by atoms with E-state index in [0.717, 1.165) is 32.7 Å². The molecule has 1 fully saturated rings. The normalized spacial score (nSPS) is 16.4. The van der Waals surface area contributed by atoms with Crippen molar-refractivity contribution in [1.29, 1.82) is 0 Å². The van der Waals surface area contributed by atoms with Crippen LogP contribution in [0.2, 0.25) is 5.02 Å². The van der Waals surface area contributed by atoms with E-state index in [9.17, 15) is 4.79 Å². The summed E-state index contributed by atoms with van der Waals surface area (Å²) in [7, 11) is 0. The standard InChI is InChI=1S/C19H28ClN5O/c1-19(2,3)13-23-9-11-24(12-10-23)25-16(7-8-21)22-15-6-4-5-14(20)17(15)18(25)26/h4-6H,7-13,21H2,1-3H3. The van der Waals surface area contributed by atoms with E-state index in [-0.39, 0.29) is 11.0 Å². The van der Waals surface area contributed by atoms with Crippen LogP contribution in [0.25, 0.3) is 10.9 Å². The van der Waals surface area contributed by atoms with Gasteiger partial charge in [-0.15, -0.1) is 0 Å². The molecule has 6 nitrogen and oxygen atoms in total. The first kappa shape index (κ1) is 19.1. The Morgan fingerprint density at radius 1 is 1.19 bits per heavy atom. The van der Waals surface area contributed by atoms with E-state index in [2.05, 4.69) is 35.7 Å². The first-order valence-corrected chi connectivity index (χ1v) is 9.56. The molecule has 0 radical (unpaired) electrons. The monoisotopic (exact) mass is 377 g/mol. The molecule has 0 aliphatic carbocycles. The Bertz CT molecular complexity index is 834. The molecule has 1 saturated heterocycles. The van der Waals surface area contributed by atoms with Crippen LogP contribution >= 0.6 is 11.6 Å². The van der Waals surface area contributed by atoms with Crippen molar-refractivity contribution in [3.8, 4) is 0 Å². The summed E-state index contributed by atoms with van der Waals surface area (Å²) in [5.41, 5.74) is 6.56. The van der Waals surface area contributed by atoms with E-state index in [1.54, 1.807) is 10.7 Å². The molecule has 2 aromatic rings. The summed E-state index contributed by atoms with van der Waals surface area (Å²) in [5.74, 6) is 0.705. The third-order valence-electron chi connectivity index (χ3n) is 4.59. The third kappa shape index (κ3) is 4.03. The molecule has 26 heavy (non-hydrogen) atoms. The molecule has 3 rings (SSSR count). The molecule has 2 N–H and O–H groups in total. The van der Waals surface area contributed by atoms with Crippen LogP contribution in [0.4, 0.5) is 0 Å². The maximum absolute atomic E-state index is 13.2. The summed E-state index contributed by atoms with van der Waals surface area (Å²) >= 11 is 6.29. The minimum atomic E-state index is -0.103. The second-order valence-corrected chi connectivity index (χ2v) is 8.52. The number of fused-ring (bicyclic) bond motifs is 1. The quantitative estimate of drug-likeness (QED) is 0.880. The molecule has 0 atom stereocenters. The van der Waals surface area contributed by atoms with E-state index in [1.165, 1.54) is 0 Å². The molecule has 0 saturated carbocycles. The first-order valence-electron chi connectivity index (χ1n) is 9.18. The van der Waals surface area contributed by atoms with E-state index in [1.807, 2.05) is 12.1 Å². The van der Waals surface area contributed by atoms with Crippen LogP contribution in [0.5, 0.6) is 0 Å². The molecule has 0 unspecified atom stereocenters. The van der Waals surface area contributed by atoms with E-state index >= 15 is 0 Å². The fraction of sp³-hybridized carbons (Fsp3) is 0.579. The number of piperazine rings is 1. The lowest BCUT2D eigenvalue weighted by Gasteiger charge is -2.39. The molecule has 1 aliphatic heterocycles. The summed E-state index contributed by atoms with van der Waals surface area (Å²) < 4.78 is 1.70. The molecular formula is C19H28ClN5O. The first-order chi connectivity index (χ1) is 12.3. The maximum atomic E-state index is 13.2. The van der Waals surface area contributed by atoms with Crippen molar-refractivity contribution in [2.45, 2.75) is 27.2 Å². The van der Waals surface area contributed by atoms with Crippen LogP contribution in [0.15, 0.2) is 23.0 Å². The summed E-state index contributed by atoms with van der Waals surface area (Å²) in [5, 5.41) is 3.01. The fourth-order valence-electron chi connectivity index (χ4n) is 3.58. The van der Waals surface area contributed by atoms with Crippen molar-refractivity contribution in [2.75, 3.05) is 44.3 Å². The number of rotatable bonds is 4. The Kier molecular flexibility index (Phi) is 5.55. The minimum Gasteiger partial charge on any atom is -0.330 e. The van der Waals surface area contributed by atoms with E-state index in [4.69, 9.17) is 17.3 Å². The second kappa shape index (κ2) is 7.55. The fourth-order valence-corrected chi connectivity index (χ4v) is 3.83. The Hall–Kier alpha value is -1.63. The number of nitrogens with zero attached hydrogens (tertiary/aromatic N) is 4. The zero-order valence-corrected chi connectivity index (χ0v) is 16.6. The van der Waals surface area contributed by atoms with Gasteiger partial charge in [0.1, 0.15) is 5.82 Å². The van der Waals surface area contributed by atoms with Crippen molar-refractivity contribution in [3.63, 3.8) is 0 Å². The minimum absolute atomic E-state index is 0.103. The number of benzene rings is 1. The Morgan fingerprint density at radius 2 is 1.88 bits per heavy atom. The molecular weight excluding hydrogens is 350 g/mol. The SMILES string of the molecule is CC(C)(C)CN1CCN(n2c(CCN)nc3cccc(Cl)c3c2=O)CC1. The number of hydrogen-bond acceptors (Lipinski definition) is 5. The van der Waals surface area contributed by atoms with E-state index in [0.29, 0.717) is 34.7 Å². The van der Waals surface area contributed by atoms with Gasteiger partial charge in [-0.3, -0.25) is 9.69 Å². The highest BCUT2D eigenvalue weighted by Crippen LogP contribution is 2.20. The Balaban J connectivity index is 1.94. The van der Waals surface area contributed by atoms with Crippen LogP contribution in [0.3, 0.4) is 0 Å². The van der Waals surface area contributed by atoms with Crippen LogP contribution < -0.4 is 16.3 Å². The molecule has 1 aromatic heterocycles. The highest BCUT2D eigenvalue weighted by molar-refractivity contribution is 6.35. The molecule has 1 aromatic carbocycles. The van der Waals surface area contributed by atoms with Gasteiger partial charge in [-0.1, -0.05) is 38.4 Å². The summed E-state index contributed by atoms with van der Waals surface area (Å²) in [6.45, 7) is 11.7. The number of aromatic nitrogens is 2. The summed E-state index contributed by atoms with van der Waals surface area (Å²) in [6.07, 6.45) is 0.555. The van der Waals surface area contributed by atoms with Gasteiger partial charge in [-0.25, -0.2) is 9.66 Å². The van der Waals surface area contributed by atoms with Gasteiger partial charge in [0.15, 0.2) is 0 Å². The van der Waals surface area contributed by atoms with Crippen LogP contribution in [-0.4, -0.2) is 53.8 Å². The maximum Gasteiger partial charge on any atom is 0.281 e. The topological polar surface area (TPSA) is 67.4 Å². The predicted octanol–water partition coefficient (Wildman–Crippen LogP) is 1.85. The number of halogens is 1. The Labute approximate surface area is 159 Å². The average molecular weight is 378 g/mol. The zero-order chi connectivity index (χ0) is 18.9. The van der Waals surface area contributed by atoms with E-state index < -0.39 is 0 Å². The smallest absolute Gasteiger partial charge is 0.281 e. The van der Waals surface area contributed by atoms with Crippen molar-refractivity contribution >= 4 is 22.5 Å². The van der Waals surface area contributed by atoms with Gasteiger partial charge in [0.2, 0.25) is 0 Å². The molecule has 0 spiro atoms. The molecule has 2 heterocycles. The zero-order valence-electron chi connectivity index (χ0n) is 15.8. The second-order valence-electron chi connectivity index (χ2n) is 8.11. The van der Waals surface area contributed by atoms with Crippen molar-refractivity contribution in [1.82, 2.24) is 14.6 Å². The van der Waals surface area contributed by atoms with Gasteiger partial charge in [0.25, 0.3) is 5.56 Å². The summed E-state index contributed by atoms with van der Waals surface area (Å²) in [4.78, 5) is 20.3. The van der Waals surface area contributed by atoms with Gasteiger partial charge in [-0.05, 0) is 24.1 Å². The number of hydrogen-bond donors (Lipinski definition) is 1. The molecule has 0 amide bonds.